The summed E-state index contributed by atoms with van der Waals surface area (Å²) < 4.78 is 28.9. The van der Waals surface area contributed by atoms with Gasteiger partial charge in [-0.05, 0) is 43.8 Å². The van der Waals surface area contributed by atoms with Crippen molar-refractivity contribution in [1.82, 2.24) is 0 Å². The highest BCUT2D eigenvalue weighted by Gasteiger charge is 2.52. The summed E-state index contributed by atoms with van der Waals surface area (Å²) in [5.74, 6) is -1.19. The van der Waals surface area contributed by atoms with Crippen LogP contribution in [0, 0.1) is 5.41 Å². The maximum atomic E-state index is 8.02. The third-order valence-electron chi connectivity index (χ3n) is 6.46. The van der Waals surface area contributed by atoms with Crippen molar-refractivity contribution in [1.29, 1.82) is 5.41 Å². The fourth-order valence-electron chi connectivity index (χ4n) is 3.34. The maximum absolute atomic E-state index is 8.02. The summed E-state index contributed by atoms with van der Waals surface area (Å²) in [6, 6.07) is 0. The molecule has 10 heteroatoms. The lowest BCUT2D eigenvalue weighted by Crippen LogP contribution is -2.45. The van der Waals surface area contributed by atoms with Crippen molar-refractivity contribution >= 4 is 49.0 Å². The number of nitrogens with one attached hydrogen (secondary N) is 1. The number of rotatable bonds is 6. The lowest BCUT2D eigenvalue weighted by Gasteiger charge is -2.37. The highest BCUT2D eigenvalue weighted by molar-refractivity contribution is 6.76. The van der Waals surface area contributed by atoms with E-state index in [1.165, 1.54) is 0 Å². The van der Waals surface area contributed by atoms with Crippen LogP contribution in [0.1, 0.15) is 60.3 Å². The largest absolute Gasteiger partial charge is 0.445 e. The van der Waals surface area contributed by atoms with Crippen LogP contribution < -0.4 is 0 Å². The fourth-order valence-corrected chi connectivity index (χ4v) is 4.50. The molecule has 0 aromatic rings. The molecule has 0 amide bonds. The van der Waals surface area contributed by atoms with Gasteiger partial charge in [0.05, 0.1) is 18.8 Å². The first-order valence-corrected chi connectivity index (χ1v) is 14.7. The topological polar surface area (TPSA) is 70.0 Å². The van der Waals surface area contributed by atoms with E-state index in [-0.39, 0.29) is 17.2 Å². The van der Waals surface area contributed by atoms with Gasteiger partial charge in [-0.15, -0.1) is 0 Å². The lowest BCUT2D eigenvalue weighted by molar-refractivity contribution is -0.227. The summed E-state index contributed by atoms with van der Waals surface area (Å²) in [6.45, 7) is 15.5. The molecule has 6 nitrogen and oxygen atoms in total. The molecule has 30 heavy (non-hydrogen) atoms. The Morgan fingerprint density at radius 1 is 1.10 bits per heavy atom. The Hall–Kier alpha value is 0.397. The van der Waals surface area contributed by atoms with Gasteiger partial charge >= 0.3 is 0 Å². The third kappa shape index (κ3) is 6.25. The SMILES string of the molecule is CCC1(CC)O[C@@H]2CC[C@@H](CO[Si](C)(C)C(C)(C)C)OC(OC(=N)C(Cl)(Cl)Cl)[C@@H]2O1. The molecule has 0 spiro atoms. The van der Waals surface area contributed by atoms with Gasteiger partial charge in [-0.3, -0.25) is 5.41 Å². The molecule has 4 atom stereocenters. The van der Waals surface area contributed by atoms with E-state index in [2.05, 4.69) is 33.9 Å². The van der Waals surface area contributed by atoms with Gasteiger partial charge in [-0.1, -0.05) is 69.4 Å². The predicted octanol–water partition coefficient (Wildman–Crippen LogP) is 6.18. The summed E-state index contributed by atoms with van der Waals surface area (Å²) in [5.41, 5.74) is 0. The highest BCUT2D eigenvalue weighted by atomic mass is 35.6. The number of ether oxygens (including phenoxy) is 4. The van der Waals surface area contributed by atoms with Crippen LogP contribution in [-0.2, 0) is 23.4 Å². The Balaban J connectivity index is 2.18. The Morgan fingerprint density at radius 2 is 1.70 bits per heavy atom. The molecule has 0 bridgehead atoms. The van der Waals surface area contributed by atoms with Gasteiger partial charge in [-0.25, -0.2) is 0 Å². The number of alkyl halides is 3. The minimum Gasteiger partial charge on any atom is -0.445 e. The van der Waals surface area contributed by atoms with Gasteiger partial charge in [0, 0.05) is 0 Å². The van der Waals surface area contributed by atoms with Crippen molar-refractivity contribution in [3.63, 3.8) is 0 Å². The van der Waals surface area contributed by atoms with Crippen molar-refractivity contribution in [2.45, 2.75) is 113 Å². The molecule has 1 N–H and O–H groups in total. The molecular formula is C20H36Cl3NO5Si. The number of fused-ring (bicyclic) bond motifs is 1. The van der Waals surface area contributed by atoms with Crippen LogP contribution in [0.15, 0.2) is 0 Å². The Morgan fingerprint density at radius 3 is 2.20 bits per heavy atom. The molecule has 2 rings (SSSR count). The standard InChI is InChI=1S/C20H36Cl3NO5Si/c1-8-19(9-2)28-14-11-10-13(12-25-30(6,7)18(3,4)5)26-16(15(14)29-19)27-17(24)20(21,22)23/h13-16,24H,8-12H2,1-7H3/t13-,14+,15+,16?/m0/s1. The van der Waals surface area contributed by atoms with Crippen LogP contribution in [0.3, 0.4) is 0 Å². The van der Waals surface area contributed by atoms with Gasteiger partial charge in [0.1, 0.15) is 6.10 Å². The zero-order chi connectivity index (χ0) is 23.0. The smallest absolute Gasteiger partial charge is 0.265 e. The van der Waals surface area contributed by atoms with E-state index >= 15 is 0 Å². The van der Waals surface area contributed by atoms with Crippen LogP contribution in [0.25, 0.3) is 0 Å². The van der Waals surface area contributed by atoms with Gasteiger partial charge in [0.2, 0.25) is 12.2 Å². The minimum atomic E-state index is -1.98. The Kier molecular flexibility index (Phi) is 8.63. The molecule has 2 heterocycles. The summed E-state index contributed by atoms with van der Waals surface area (Å²) >= 11 is 17.5. The van der Waals surface area contributed by atoms with Crippen LogP contribution >= 0.6 is 34.8 Å². The van der Waals surface area contributed by atoms with Gasteiger partial charge in [0.25, 0.3) is 3.79 Å². The zero-order valence-corrected chi connectivity index (χ0v) is 22.3. The monoisotopic (exact) mass is 503 g/mol. The van der Waals surface area contributed by atoms with E-state index in [4.69, 9.17) is 63.6 Å². The number of hydrogen-bond acceptors (Lipinski definition) is 6. The molecule has 0 aliphatic carbocycles. The molecule has 2 aliphatic heterocycles. The first kappa shape index (κ1) is 26.6. The summed E-state index contributed by atoms with van der Waals surface area (Å²) in [6.07, 6.45) is 0.956. The number of hydrogen-bond donors (Lipinski definition) is 1. The molecule has 0 radical (unpaired) electrons. The summed E-state index contributed by atoms with van der Waals surface area (Å²) in [5, 5.41) is 8.11. The van der Waals surface area contributed by atoms with Crippen LogP contribution in [-0.4, -0.2) is 55.0 Å². The van der Waals surface area contributed by atoms with E-state index in [0.29, 0.717) is 19.4 Å². The Labute approximate surface area is 196 Å². The summed E-state index contributed by atoms with van der Waals surface area (Å²) in [7, 11) is -1.94. The molecule has 0 saturated carbocycles. The molecule has 2 saturated heterocycles. The van der Waals surface area contributed by atoms with E-state index < -0.39 is 36.2 Å². The predicted molar refractivity (Wildman–Crippen MR) is 123 cm³/mol. The van der Waals surface area contributed by atoms with E-state index in [9.17, 15) is 0 Å². The third-order valence-corrected chi connectivity index (χ3v) is 11.5. The summed E-state index contributed by atoms with van der Waals surface area (Å²) in [4.78, 5) is 0. The van der Waals surface area contributed by atoms with Gasteiger partial charge < -0.3 is 23.4 Å². The molecule has 0 aromatic heterocycles. The van der Waals surface area contributed by atoms with Crippen molar-refractivity contribution in [2.24, 2.45) is 0 Å². The Bertz CT molecular complexity index is 604. The average molecular weight is 505 g/mol. The van der Waals surface area contributed by atoms with Crippen molar-refractivity contribution in [2.75, 3.05) is 6.61 Å². The molecule has 2 fully saturated rings. The number of halogens is 3. The first-order chi connectivity index (χ1) is 13.6. The molecule has 0 aromatic carbocycles. The van der Waals surface area contributed by atoms with E-state index in [1.54, 1.807) is 0 Å². The van der Waals surface area contributed by atoms with Crippen LogP contribution in [0.4, 0.5) is 0 Å². The van der Waals surface area contributed by atoms with Crippen LogP contribution in [0.5, 0.6) is 0 Å². The maximum Gasteiger partial charge on any atom is 0.265 e. The minimum absolute atomic E-state index is 0.0931. The van der Waals surface area contributed by atoms with Crippen molar-refractivity contribution in [3.05, 3.63) is 0 Å². The quantitative estimate of drug-likeness (QED) is 0.202. The first-order valence-electron chi connectivity index (χ1n) is 10.6. The lowest BCUT2D eigenvalue weighted by atomic mass is 10.1. The van der Waals surface area contributed by atoms with Crippen molar-refractivity contribution < 1.29 is 23.4 Å². The zero-order valence-electron chi connectivity index (χ0n) is 19.0. The second kappa shape index (κ2) is 9.72. The molecular weight excluding hydrogens is 469 g/mol. The van der Waals surface area contributed by atoms with Gasteiger partial charge in [-0.2, -0.15) is 0 Å². The van der Waals surface area contributed by atoms with E-state index in [0.717, 1.165) is 12.8 Å². The molecule has 2 aliphatic rings. The van der Waals surface area contributed by atoms with Crippen LogP contribution in [0.2, 0.25) is 18.1 Å². The van der Waals surface area contributed by atoms with Crippen molar-refractivity contribution in [3.8, 4) is 0 Å². The second-order valence-corrected chi connectivity index (χ2v) is 16.7. The second-order valence-electron chi connectivity index (χ2n) is 9.58. The average Bonchev–Trinajstić information content (AvgIpc) is 2.93. The normalized spacial score (nSPS) is 29.9. The molecule has 1 unspecified atom stereocenters. The molecule has 176 valence electrons. The highest BCUT2D eigenvalue weighted by Crippen LogP contribution is 2.42. The van der Waals surface area contributed by atoms with Gasteiger partial charge in [0.15, 0.2) is 14.1 Å². The van der Waals surface area contributed by atoms with E-state index in [1.807, 2.05) is 13.8 Å². The fraction of sp³-hybridized carbons (Fsp3) is 0.950.